The molecule has 0 bridgehead atoms. The van der Waals surface area contributed by atoms with Crippen LogP contribution in [-0.4, -0.2) is 29.6 Å². The van der Waals surface area contributed by atoms with Crippen LogP contribution in [0.1, 0.15) is 52.0 Å². The molecular weight excluding hydrogens is 457 g/mol. The van der Waals surface area contributed by atoms with Gasteiger partial charge in [0.05, 0.1) is 11.3 Å². The van der Waals surface area contributed by atoms with Crippen molar-refractivity contribution < 1.29 is 36.3 Å². The molecule has 2 aromatic rings. The van der Waals surface area contributed by atoms with Gasteiger partial charge in [-0.05, 0) is 31.0 Å². The summed E-state index contributed by atoms with van der Waals surface area (Å²) >= 11 is 0. The first-order valence-electron chi connectivity index (χ1n) is 10.3. The van der Waals surface area contributed by atoms with Crippen LogP contribution in [0.25, 0.3) is 11.1 Å². The first kappa shape index (κ1) is 27.1. The van der Waals surface area contributed by atoms with E-state index in [1.807, 2.05) is 6.07 Å². The molecular formula is C25H26F5NO3. The van der Waals surface area contributed by atoms with Crippen molar-refractivity contribution in [3.8, 4) is 11.1 Å². The average molecular weight is 483 g/mol. The molecule has 0 spiro atoms. The van der Waals surface area contributed by atoms with Gasteiger partial charge in [0.15, 0.2) is 0 Å². The molecule has 0 radical (unpaired) electrons. The summed E-state index contributed by atoms with van der Waals surface area (Å²) in [5.41, 5.74) is 0.741. The Morgan fingerprint density at radius 1 is 0.882 bits per heavy atom. The Kier molecular flexibility index (Phi) is 7.70. The predicted octanol–water partition coefficient (Wildman–Crippen LogP) is 6.56. The molecule has 2 aromatic carbocycles. The van der Waals surface area contributed by atoms with E-state index in [0.29, 0.717) is 11.3 Å². The van der Waals surface area contributed by atoms with Crippen LogP contribution in [-0.2, 0) is 14.4 Å². The molecule has 184 valence electrons. The number of halogens is 5. The number of rotatable bonds is 7. The van der Waals surface area contributed by atoms with Gasteiger partial charge in [0.2, 0.25) is 5.91 Å². The number of carbonyl (C=O) groups is 3. The zero-order valence-electron chi connectivity index (χ0n) is 17.9. The van der Waals surface area contributed by atoms with Crippen LogP contribution < -0.4 is 5.32 Å². The number of hydrogen-bond acceptors (Lipinski definition) is 3. The minimum Gasteiger partial charge on any atom is -0.325 e. The predicted molar refractivity (Wildman–Crippen MR) is 119 cm³/mol. The molecule has 34 heavy (non-hydrogen) atoms. The highest BCUT2D eigenvalue weighted by atomic mass is 19.4. The minimum atomic E-state index is -5.78. The zero-order valence-corrected chi connectivity index (χ0v) is 17.9. The number of benzene rings is 2. The van der Waals surface area contributed by atoms with Gasteiger partial charge in [-0.3, -0.25) is 14.4 Å². The van der Waals surface area contributed by atoms with Gasteiger partial charge in [-0.25, -0.2) is 0 Å². The smallest absolute Gasteiger partial charge is 0.325 e. The molecule has 1 aliphatic rings. The number of carbonyl (C=O) groups excluding carboxylic acids is 3. The highest BCUT2D eigenvalue weighted by molar-refractivity contribution is 6.10. The first-order valence-corrected chi connectivity index (χ1v) is 10.3. The fourth-order valence-electron chi connectivity index (χ4n) is 3.76. The van der Waals surface area contributed by atoms with Gasteiger partial charge in [0.1, 0.15) is 11.6 Å². The third kappa shape index (κ3) is 5.18. The van der Waals surface area contributed by atoms with Gasteiger partial charge in [-0.2, -0.15) is 22.0 Å². The van der Waals surface area contributed by atoms with Crippen molar-refractivity contribution >= 4 is 23.2 Å². The van der Waals surface area contributed by atoms with Crippen LogP contribution in [0.5, 0.6) is 0 Å². The number of para-hydroxylation sites is 1. The Balaban J connectivity index is 0.00000408. The highest BCUT2D eigenvalue weighted by Gasteiger charge is 2.57. The number of amides is 1. The summed E-state index contributed by atoms with van der Waals surface area (Å²) in [4.78, 5) is 38.5. The Bertz CT molecular complexity index is 1090. The molecule has 1 amide bonds. The van der Waals surface area contributed by atoms with Crippen LogP contribution in [0.2, 0.25) is 0 Å². The van der Waals surface area contributed by atoms with Gasteiger partial charge in [0.25, 0.3) is 0 Å². The summed E-state index contributed by atoms with van der Waals surface area (Å²) in [5.74, 6) is -8.24. The van der Waals surface area contributed by atoms with Gasteiger partial charge in [0, 0.05) is 30.5 Å². The molecule has 1 atom stereocenters. The van der Waals surface area contributed by atoms with Crippen molar-refractivity contribution in [3.63, 3.8) is 0 Å². The quantitative estimate of drug-likeness (QED) is 0.359. The van der Waals surface area contributed by atoms with Crippen LogP contribution in [0.15, 0.2) is 48.5 Å². The number of ketones is 2. The van der Waals surface area contributed by atoms with Crippen molar-refractivity contribution in [1.82, 2.24) is 0 Å². The van der Waals surface area contributed by atoms with Crippen LogP contribution in [0, 0.1) is 5.41 Å². The molecule has 1 N–H and O–H groups in total. The summed E-state index contributed by atoms with van der Waals surface area (Å²) in [5, 5.41) is 2.77. The molecule has 1 aliphatic heterocycles. The maximum atomic E-state index is 13.2. The Labute approximate surface area is 194 Å². The third-order valence-corrected chi connectivity index (χ3v) is 5.99. The summed E-state index contributed by atoms with van der Waals surface area (Å²) < 4.78 is 63.7. The molecule has 0 saturated carbocycles. The van der Waals surface area contributed by atoms with Crippen molar-refractivity contribution in [2.45, 2.75) is 58.6 Å². The first-order chi connectivity index (χ1) is 15.3. The van der Waals surface area contributed by atoms with Gasteiger partial charge in [-0.1, -0.05) is 49.9 Å². The molecule has 0 aromatic heterocycles. The molecule has 0 unspecified atom stereocenters. The number of hydrogen-bond donors (Lipinski definition) is 1. The SMILES string of the molecule is C.CC(C)(C(=O)CCC(F)(F)C(F)(F)F)C(=O)C[C@@H]1C(=O)Nc2ccccc2-c2ccccc21. The van der Waals surface area contributed by atoms with E-state index in [0.717, 1.165) is 11.1 Å². The fourth-order valence-corrected chi connectivity index (χ4v) is 3.76. The second-order valence-electron chi connectivity index (χ2n) is 8.55. The number of anilines is 1. The van der Waals surface area contributed by atoms with Crippen molar-refractivity contribution in [3.05, 3.63) is 54.1 Å². The number of alkyl halides is 5. The largest absolute Gasteiger partial charge is 0.453 e. The lowest BCUT2D eigenvalue weighted by Crippen LogP contribution is -2.40. The maximum absolute atomic E-state index is 13.2. The molecule has 0 aliphatic carbocycles. The second-order valence-corrected chi connectivity index (χ2v) is 8.55. The number of fused-ring (bicyclic) bond motifs is 3. The normalized spacial score (nSPS) is 15.9. The Hall–Kier alpha value is -3.10. The molecule has 9 heteroatoms. The third-order valence-electron chi connectivity index (χ3n) is 5.99. The average Bonchev–Trinajstić information content (AvgIpc) is 2.86. The minimum absolute atomic E-state index is 0. The lowest BCUT2D eigenvalue weighted by molar-refractivity contribution is -0.284. The van der Waals surface area contributed by atoms with Crippen molar-refractivity contribution in [1.29, 1.82) is 0 Å². The van der Waals surface area contributed by atoms with Crippen molar-refractivity contribution in [2.75, 3.05) is 5.32 Å². The standard InChI is InChI=1S/C24H22F5NO3.CH4/c1-22(2,19(31)11-12-23(25,26)24(27,28)29)20(32)13-17-15-8-4-3-7-14(15)16-9-5-6-10-18(16)30-21(17)33;/h3-10,17H,11-13H2,1-2H3,(H,30,33);1H4/t17-;/m0./s1. The second kappa shape index (κ2) is 9.64. The van der Waals surface area contributed by atoms with Crippen LogP contribution in [0.4, 0.5) is 27.6 Å². The van der Waals surface area contributed by atoms with E-state index >= 15 is 0 Å². The molecule has 4 nitrogen and oxygen atoms in total. The topological polar surface area (TPSA) is 63.2 Å². The van der Waals surface area contributed by atoms with Crippen LogP contribution >= 0.6 is 0 Å². The summed E-state index contributed by atoms with van der Waals surface area (Å²) in [6.45, 7) is 2.36. The molecule has 1 heterocycles. The Morgan fingerprint density at radius 2 is 1.44 bits per heavy atom. The lowest BCUT2D eigenvalue weighted by Gasteiger charge is -2.26. The summed E-state index contributed by atoms with van der Waals surface area (Å²) in [6.07, 6.45) is -9.05. The lowest BCUT2D eigenvalue weighted by atomic mass is 9.76. The highest BCUT2D eigenvalue weighted by Crippen LogP contribution is 2.42. The van der Waals surface area contributed by atoms with E-state index in [9.17, 15) is 36.3 Å². The van der Waals surface area contributed by atoms with E-state index < -0.39 is 60.2 Å². The summed E-state index contributed by atoms with van der Waals surface area (Å²) in [6, 6.07) is 14.0. The monoisotopic (exact) mass is 483 g/mol. The fraction of sp³-hybridized carbons (Fsp3) is 0.400. The van der Waals surface area contributed by atoms with E-state index in [4.69, 9.17) is 0 Å². The molecule has 0 fully saturated rings. The summed E-state index contributed by atoms with van der Waals surface area (Å²) in [7, 11) is 0. The zero-order chi connectivity index (χ0) is 24.6. The number of nitrogens with one attached hydrogen (secondary N) is 1. The van der Waals surface area contributed by atoms with Gasteiger partial charge in [-0.15, -0.1) is 0 Å². The van der Waals surface area contributed by atoms with E-state index in [1.165, 1.54) is 13.8 Å². The van der Waals surface area contributed by atoms with Crippen LogP contribution in [0.3, 0.4) is 0 Å². The Morgan fingerprint density at radius 3 is 2.06 bits per heavy atom. The van der Waals surface area contributed by atoms with E-state index in [2.05, 4.69) is 5.32 Å². The van der Waals surface area contributed by atoms with Gasteiger partial charge >= 0.3 is 12.1 Å². The van der Waals surface area contributed by atoms with E-state index in [-0.39, 0.29) is 7.43 Å². The van der Waals surface area contributed by atoms with E-state index in [1.54, 1.807) is 42.5 Å². The molecule has 3 rings (SSSR count). The number of Topliss-reactive ketones (excluding diaryl/α,β-unsaturated/α-hetero) is 2. The maximum Gasteiger partial charge on any atom is 0.453 e. The van der Waals surface area contributed by atoms with Gasteiger partial charge < -0.3 is 5.32 Å². The molecule has 0 saturated heterocycles. The van der Waals surface area contributed by atoms with Crippen molar-refractivity contribution in [2.24, 2.45) is 5.41 Å².